The average molecular weight is 447 g/mol. The quantitative estimate of drug-likeness (QED) is 0.573. The predicted octanol–water partition coefficient (Wildman–Crippen LogP) is 2.59. The van der Waals surface area contributed by atoms with Crippen LogP contribution in [0, 0.1) is 5.82 Å². The van der Waals surface area contributed by atoms with Gasteiger partial charge in [-0.15, -0.1) is 0 Å². The molecule has 1 aromatic heterocycles. The zero-order valence-corrected chi connectivity index (χ0v) is 18.0. The number of unbranched alkanes of at least 4 members (excludes halogenated alkanes) is 1. The number of amides is 1. The summed E-state index contributed by atoms with van der Waals surface area (Å²) in [5.74, 6) is -1.07. The molecule has 0 unspecified atom stereocenters. The molecule has 0 atom stereocenters. The van der Waals surface area contributed by atoms with E-state index >= 15 is 0 Å². The number of nitrogens with one attached hydrogen (secondary N) is 1. The highest BCUT2D eigenvalue weighted by atomic mass is 32.2. The van der Waals surface area contributed by atoms with Crippen LogP contribution in [0.15, 0.2) is 58.5 Å². The van der Waals surface area contributed by atoms with Gasteiger partial charge in [-0.2, -0.15) is 0 Å². The molecule has 1 heterocycles. The number of benzene rings is 2. The van der Waals surface area contributed by atoms with Gasteiger partial charge in [-0.25, -0.2) is 22.1 Å². The van der Waals surface area contributed by atoms with E-state index in [1.807, 2.05) is 6.92 Å². The van der Waals surface area contributed by atoms with Gasteiger partial charge < -0.3 is 5.32 Å². The van der Waals surface area contributed by atoms with Gasteiger partial charge in [0.2, 0.25) is 15.9 Å². The third-order valence-corrected chi connectivity index (χ3v) is 6.64. The number of carbonyl (C=O) groups excluding carboxylic acids is 1. The molecule has 3 aromatic rings. The normalized spacial score (nSPS) is 11.7. The lowest BCUT2D eigenvalue weighted by Crippen LogP contribution is -2.28. The molecule has 0 aliphatic carbocycles. The Hall–Kier alpha value is -3.11. The Kier molecular flexibility index (Phi) is 6.81. The lowest BCUT2D eigenvalue weighted by atomic mass is 10.2. The second-order valence-corrected chi connectivity index (χ2v) is 9.14. The fraction of sp³-hybridized carbons (Fsp3) is 0.286. The number of hydrogen-bond acceptors (Lipinski definition) is 5. The average Bonchev–Trinajstić information content (AvgIpc) is 2.74. The van der Waals surface area contributed by atoms with Crippen LogP contribution in [-0.4, -0.2) is 41.8 Å². The topological polar surface area (TPSA) is 101 Å². The fourth-order valence-corrected chi connectivity index (χ4v) is 4.20. The summed E-state index contributed by atoms with van der Waals surface area (Å²) in [6, 6.07) is 9.48. The van der Waals surface area contributed by atoms with E-state index in [0.29, 0.717) is 17.7 Å². The molecule has 1 N–H and O–H groups in total. The van der Waals surface area contributed by atoms with Crippen molar-refractivity contribution >= 4 is 32.5 Å². The fourth-order valence-electron chi connectivity index (χ4n) is 2.99. The Morgan fingerprint density at radius 2 is 1.90 bits per heavy atom. The van der Waals surface area contributed by atoms with Crippen LogP contribution in [0.5, 0.6) is 0 Å². The Labute approximate surface area is 179 Å². The lowest BCUT2D eigenvalue weighted by molar-refractivity contribution is -0.116. The van der Waals surface area contributed by atoms with Crippen molar-refractivity contribution in [1.29, 1.82) is 0 Å². The minimum atomic E-state index is -3.60. The molecule has 0 aliphatic heterocycles. The third kappa shape index (κ3) is 5.15. The molecule has 0 radical (unpaired) electrons. The van der Waals surface area contributed by atoms with Crippen LogP contribution in [0.25, 0.3) is 10.9 Å². The standard InChI is InChI=1S/C21H23FN4O4S/c1-3-4-11-25(2)31(29,30)17-8-6-16(7-9-17)24-20(27)13-26-14-23-19-10-5-15(22)12-18(19)21(26)28/h5-10,12,14H,3-4,11,13H2,1-2H3,(H,24,27). The molecule has 10 heteroatoms. The highest BCUT2D eigenvalue weighted by Gasteiger charge is 2.20. The second-order valence-electron chi connectivity index (χ2n) is 7.09. The van der Waals surface area contributed by atoms with Crippen molar-refractivity contribution in [1.82, 2.24) is 13.9 Å². The number of aromatic nitrogens is 2. The van der Waals surface area contributed by atoms with Crippen LogP contribution in [0.3, 0.4) is 0 Å². The Bertz CT molecular complexity index is 1260. The molecule has 0 saturated heterocycles. The third-order valence-electron chi connectivity index (χ3n) is 4.77. The SMILES string of the molecule is CCCCN(C)S(=O)(=O)c1ccc(NC(=O)Cn2cnc3ccc(F)cc3c2=O)cc1. The molecule has 3 rings (SSSR count). The minimum absolute atomic E-state index is 0.0806. The summed E-state index contributed by atoms with van der Waals surface area (Å²) in [5, 5.41) is 2.69. The van der Waals surface area contributed by atoms with Gasteiger partial charge in [0.15, 0.2) is 0 Å². The van der Waals surface area contributed by atoms with E-state index < -0.39 is 27.3 Å². The zero-order valence-electron chi connectivity index (χ0n) is 17.2. The van der Waals surface area contributed by atoms with E-state index in [0.717, 1.165) is 23.5 Å². The Morgan fingerprint density at radius 3 is 2.58 bits per heavy atom. The molecule has 0 saturated carbocycles. The van der Waals surface area contributed by atoms with Gasteiger partial charge in [0, 0.05) is 19.3 Å². The van der Waals surface area contributed by atoms with E-state index in [2.05, 4.69) is 10.3 Å². The van der Waals surface area contributed by atoms with Crippen LogP contribution in [-0.2, 0) is 21.4 Å². The molecular weight excluding hydrogens is 423 g/mol. The molecule has 31 heavy (non-hydrogen) atoms. The van der Waals surface area contributed by atoms with Gasteiger partial charge in [-0.1, -0.05) is 13.3 Å². The Morgan fingerprint density at radius 1 is 1.19 bits per heavy atom. The first-order valence-electron chi connectivity index (χ1n) is 9.73. The van der Waals surface area contributed by atoms with Gasteiger partial charge in [0.1, 0.15) is 12.4 Å². The van der Waals surface area contributed by atoms with E-state index in [9.17, 15) is 22.4 Å². The van der Waals surface area contributed by atoms with Crippen LogP contribution in [0.2, 0.25) is 0 Å². The first-order valence-corrected chi connectivity index (χ1v) is 11.2. The van der Waals surface area contributed by atoms with Gasteiger partial charge in [0.05, 0.1) is 22.1 Å². The summed E-state index contributed by atoms with van der Waals surface area (Å²) < 4.78 is 40.9. The van der Waals surface area contributed by atoms with Crippen LogP contribution >= 0.6 is 0 Å². The maximum atomic E-state index is 13.4. The van der Waals surface area contributed by atoms with Crippen LogP contribution in [0.1, 0.15) is 19.8 Å². The van der Waals surface area contributed by atoms with Crippen molar-refractivity contribution in [3.8, 4) is 0 Å². The number of rotatable bonds is 8. The van der Waals surface area contributed by atoms with E-state index in [4.69, 9.17) is 0 Å². The first kappa shape index (κ1) is 22.6. The number of hydrogen-bond donors (Lipinski definition) is 1. The number of nitrogens with zero attached hydrogens (tertiary/aromatic N) is 3. The highest BCUT2D eigenvalue weighted by Crippen LogP contribution is 2.18. The van der Waals surface area contributed by atoms with Crippen LogP contribution < -0.4 is 10.9 Å². The molecule has 0 fully saturated rings. The molecule has 8 nitrogen and oxygen atoms in total. The number of halogens is 1. The second kappa shape index (κ2) is 9.36. The number of anilines is 1. The molecular formula is C21H23FN4O4S. The molecule has 0 aliphatic rings. The highest BCUT2D eigenvalue weighted by molar-refractivity contribution is 7.89. The summed E-state index contributed by atoms with van der Waals surface area (Å²) in [6.45, 7) is 2.09. The van der Waals surface area contributed by atoms with Gasteiger partial charge in [-0.3, -0.25) is 14.2 Å². The largest absolute Gasteiger partial charge is 0.325 e. The number of carbonyl (C=O) groups is 1. The maximum Gasteiger partial charge on any atom is 0.261 e. The Balaban J connectivity index is 1.71. The van der Waals surface area contributed by atoms with Gasteiger partial charge in [-0.05, 0) is 48.9 Å². The molecule has 0 bridgehead atoms. The number of fused-ring (bicyclic) bond motifs is 1. The summed E-state index contributed by atoms with van der Waals surface area (Å²) in [7, 11) is -2.07. The van der Waals surface area contributed by atoms with Gasteiger partial charge >= 0.3 is 0 Å². The summed E-state index contributed by atoms with van der Waals surface area (Å²) >= 11 is 0. The van der Waals surface area contributed by atoms with Crippen LogP contribution in [0.4, 0.5) is 10.1 Å². The smallest absolute Gasteiger partial charge is 0.261 e. The summed E-state index contributed by atoms with van der Waals surface area (Å²) in [6.07, 6.45) is 2.87. The lowest BCUT2D eigenvalue weighted by Gasteiger charge is -2.17. The monoisotopic (exact) mass is 446 g/mol. The van der Waals surface area contributed by atoms with E-state index in [-0.39, 0.29) is 16.8 Å². The first-order chi connectivity index (χ1) is 14.7. The molecule has 164 valence electrons. The van der Waals surface area contributed by atoms with Crippen molar-refractivity contribution in [3.05, 3.63) is 65.0 Å². The molecule has 2 aromatic carbocycles. The summed E-state index contributed by atoms with van der Waals surface area (Å²) in [4.78, 5) is 29.0. The minimum Gasteiger partial charge on any atom is -0.325 e. The molecule has 0 spiro atoms. The summed E-state index contributed by atoms with van der Waals surface area (Å²) in [5.41, 5.74) is 0.188. The van der Waals surface area contributed by atoms with Crippen molar-refractivity contribution in [3.63, 3.8) is 0 Å². The van der Waals surface area contributed by atoms with Crippen molar-refractivity contribution in [2.75, 3.05) is 18.9 Å². The molecule has 1 amide bonds. The van der Waals surface area contributed by atoms with E-state index in [1.54, 1.807) is 0 Å². The van der Waals surface area contributed by atoms with Gasteiger partial charge in [0.25, 0.3) is 5.56 Å². The predicted molar refractivity (Wildman–Crippen MR) is 116 cm³/mol. The van der Waals surface area contributed by atoms with Crippen molar-refractivity contribution in [2.45, 2.75) is 31.2 Å². The number of sulfonamides is 1. The van der Waals surface area contributed by atoms with Crippen molar-refractivity contribution < 1.29 is 17.6 Å². The van der Waals surface area contributed by atoms with Crippen molar-refractivity contribution in [2.24, 2.45) is 0 Å². The maximum absolute atomic E-state index is 13.4. The van der Waals surface area contributed by atoms with E-state index in [1.165, 1.54) is 54.1 Å². The zero-order chi connectivity index (χ0) is 22.6.